The molecule has 0 radical (unpaired) electrons. The van der Waals surface area contributed by atoms with E-state index in [4.69, 9.17) is 13.3 Å². The molecule has 1 rings (SSSR count). The van der Waals surface area contributed by atoms with E-state index in [2.05, 4.69) is 20.8 Å². The molecule has 2 atom stereocenters. The molecule has 1 heterocycles. The maximum absolute atomic E-state index is 12.7. The number of likely N-dealkylation sites (tertiary alicyclic amines) is 1. The van der Waals surface area contributed by atoms with Crippen molar-refractivity contribution in [2.75, 3.05) is 12.8 Å². The molecule has 0 aliphatic carbocycles. The number of amides is 1. The minimum atomic E-state index is -3.61. The van der Waals surface area contributed by atoms with Crippen molar-refractivity contribution in [3.05, 3.63) is 0 Å². The van der Waals surface area contributed by atoms with Crippen LogP contribution in [0.1, 0.15) is 61.8 Å². The lowest BCUT2D eigenvalue weighted by molar-refractivity contribution is -0.0130. The van der Waals surface area contributed by atoms with Crippen LogP contribution in [-0.4, -0.2) is 65.3 Å². The Bertz CT molecular complexity index is 606. The molecule has 0 aromatic carbocycles. The lowest BCUT2D eigenvalue weighted by atomic mass is 9.96. The smallest absolute Gasteiger partial charge is 0.410 e. The Morgan fingerprint density at radius 3 is 2.04 bits per heavy atom. The number of carbonyl (C=O) groups is 1. The van der Waals surface area contributed by atoms with E-state index < -0.39 is 43.3 Å². The van der Waals surface area contributed by atoms with E-state index in [9.17, 15) is 13.2 Å². The molecule has 0 aromatic rings. The van der Waals surface area contributed by atoms with E-state index in [1.165, 1.54) is 0 Å². The second kappa shape index (κ2) is 7.77. The van der Waals surface area contributed by atoms with Crippen LogP contribution < -0.4 is 0 Å². The molecule has 0 aromatic heterocycles. The van der Waals surface area contributed by atoms with E-state index in [1.807, 2.05) is 13.8 Å². The van der Waals surface area contributed by atoms with Crippen LogP contribution in [0.25, 0.3) is 0 Å². The molecule has 1 aliphatic rings. The first-order valence-electron chi connectivity index (χ1n) is 8.91. The van der Waals surface area contributed by atoms with E-state index in [0.717, 1.165) is 6.26 Å². The monoisotopic (exact) mass is 409 g/mol. The van der Waals surface area contributed by atoms with Crippen LogP contribution >= 0.6 is 0 Å². The summed E-state index contributed by atoms with van der Waals surface area (Å²) < 4.78 is 40.0. The molecule has 0 spiro atoms. The molecule has 0 bridgehead atoms. The zero-order valence-electron chi connectivity index (χ0n) is 17.6. The quantitative estimate of drug-likeness (QED) is 0.512. The van der Waals surface area contributed by atoms with Gasteiger partial charge in [-0.15, -0.1) is 0 Å². The predicted molar refractivity (Wildman–Crippen MR) is 104 cm³/mol. The average molecular weight is 410 g/mol. The molecule has 26 heavy (non-hydrogen) atoms. The first-order chi connectivity index (χ1) is 11.4. The lowest BCUT2D eigenvalue weighted by Crippen LogP contribution is -2.51. The molecule has 1 saturated heterocycles. The van der Waals surface area contributed by atoms with Gasteiger partial charge in [-0.3, -0.25) is 9.08 Å². The lowest BCUT2D eigenvalue weighted by Gasteiger charge is -2.39. The summed E-state index contributed by atoms with van der Waals surface area (Å²) in [4.78, 5) is 14.2. The summed E-state index contributed by atoms with van der Waals surface area (Å²) in [5, 5.41) is 0.106. The fourth-order valence-corrected chi connectivity index (χ4v) is 4.43. The van der Waals surface area contributed by atoms with Gasteiger partial charge in [0.05, 0.1) is 30.5 Å². The third kappa shape index (κ3) is 7.94. The highest BCUT2D eigenvalue weighted by Crippen LogP contribution is 2.34. The van der Waals surface area contributed by atoms with Crippen LogP contribution in [0.15, 0.2) is 0 Å². The summed E-state index contributed by atoms with van der Waals surface area (Å²) in [6.07, 6.45) is 0.336. The van der Waals surface area contributed by atoms with Crippen LogP contribution in [0, 0.1) is 0 Å². The van der Waals surface area contributed by atoms with Gasteiger partial charge >= 0.3 is 6.09 Å². The number of hydrogen-bond acceptors (Lipinski definition) is 6. The summed E-state index contributed by atoms with van der Waals surface area (Å²) in [6, 6.07) is -0.320. The molecule has 1 fully saturated rings. The second-order valence-electron chi connectivity index (χ2n) is 9.76. The molecule has 0 N–H and O–H groups in total. The van der Waals surface area contributed by atoms with Crippen molar-refractivity contribution < 1.29 is 26.6 Å². The number of ether oxygens (including phenoxy) is 1. The fraction of sp³-hybridized carbons (Fsp3) is 0.941. The van der Waals surface area contributed by atoms with Crippen LogP contribution in [0.2, 0.25) is 5.04 Å². The highest BCUT2D eigenvalue weighted by Gasteiger charge is 2.47. The SMILES string of the molecule is CC(C)(C)OC(=O)N1CC(OS(C)(=O)=O)CC1C(C)(C)O[SiH2]C(C)(C)C. The molecule has 2 unspecified atom stereocenters. The van der Waals surface area contributed by atoms with Crippen LogP contribution in [-0.2, 0) is 23.5 Å². The summed E-state index contributed by atoms with van der Waals surface area (Å²) in [6.45, 7) is 15.8. The average Bonchev–Trinajstić information content (AvgIpc) is 2.76. The summed E-state index contributed by atoms with van der Waals surface area (Å²) >= 11 is 0. The zero-order valence-corrected chi connectivity index (χ0v) is 19.8. The molecule has 0 saturated carbocycles. The maximum atomic E-state index is 12.7. The van der Waals surface area contributed by atoms with Gasteiger partial charge in [0.15, 0.2) is 9.76 Å². The van der Waals surface area contributed by atoms with E-state index in [1.54, 1.807) is 25.7 Å². The van der Waals surface area contributed by atoms with Crippen molar-refractivity contribution in [2.45, 2.75) is 90.2 Å². The zero-order chi connectivity index (χ0) is 20.6. The van der Waals surface area contributed by atoms with Crippen molar-refractivity contribution in [3.8, 4) is 0 Å². The highest BCUT2D eigenvalue weighted by atomic mass is 32.2. The van der Waals surface area contributed by atoms with E-state index >= 15 is 0 Å². The number of nitrogens with zero attached hydrogens (tertiary/aromatic N) is 1. The van der Waals surface area contributed by atoms with Crippen LogP contribution in [0.3, 0.4) is 0 Å². The molecule has 7 nitrogen and oxygen atoms in total. The summed E-state index contributed by atoms with van der Waals surface area (Å²) in [5.41, 5.74) is -1.26. The Balaban J connectivity index is 3.02. The largest absolute Gasteiger partial charge is 0.444 e. The number of carbonyl (C=O) groups excluding carboxylic acids is 1. The summed E-state index contributed by atoms with van der Waals surface area (Å²) in [5.74, 6) is 0. The third-order valence-electron chi connectivity index (χ3n) is 3.88. The first-order valence-corrected chi connectivity index (χ1v) is 12.0. The Morgan fingerprint density at radius 1 is 1.08 bits per heavy atom. The minimum Gasteiger partial charge on any atom is -0.444 e. The Kier molecular flexibility index (Phi) is 6.99. The third-order valence-corrected chi connectivity index (χ3v) is 6.26. The predicted octanol–water partition coefficient (Wildman–Crippen LogP) is 2.44. The molecular formula is C17H35NO6SSi. The van der Waals surface area contributed by atoms with Gasteiger partial charge in [-0.25, -0.2) is 4.79 Å². The highest BCUT2D eigenvalue weighted by molar-refractivity contribution is 7.86. The summed E-state index contributed by atoms with van der Waals surface area (Å²) in [7, 11) is -4.46. The van der Waals surface area contributed by atoms with Crippen molar-refractivity contribution in [2.24, 2.45) is 0 Å². The maximum Gasteiger partial charge on any atom is 0.410 e. The van der Waals surface area contributed by atoms with Gasteiger partial charge in [0, 0.05) is 6.42 Å². The van der Waals surface area contributed by atoms with Gasteiger partial charge in [0.25, 0.3) is 10.1 Å². The minimum absolute atomic E-state index is 0.106. The number of hydrogen-bond donors (Lipinski definition) is 0. The van der Waals surface area contributed by atoms with Crippen molar-refractivity contribution in [1.82, 2.24) is 4.90 Å². The standard InChI is InChI=1S/C17H35NO6SSi/c1-15(2,3)22-14(19)18-11-12(23-25(9,20)21)10-13(18)17(7,8)24-26-16(4,5)6/h12-13H,10-11,26H2,1-9H3. The number of rotatable bonds is 5. The van der Waals surface area contributed by atoms with Gasteiger partial charge in [-0.1, -0.05) is 20.8 Å². The Hall–Kier alpha value is -0.643. The molecule has 154 valence electrons. The Labute approximate surface area is 160 Å². The topological polar surface area (TPSA) is 82.1 Å². The van der Waals surface area contributed by atoms with Crippen LogP contribution in [0.5, 0.6) is 0 Å². The van der Waals surface area contributed by atoms with Gasteiger partial charge in [0.2, 0.25) is 0 Å². The first kappa shape index (κ1) is 23.4. The van der Waals surface area contributed by atoms with Gasteiger partial charge in [-0.05, 0) is 39.7 Å². The Morgan fingerprint density at radius 2 is 1.62 bits per heavy atom. The van der Waals surface area contributed by atoms with Gasteiger partial charge in [-0.2, -0.15) is 8.42 Å². The van der Waals surface area contributed by atoms with Crippen LogP contribution in [0.4, 0.5) is 4.79 Å². The molecule has 9 heteroatoms. The fourth-order valence-electron chi connectivity index (χ4n) is 2.79. The second-order valence-corrected chi connectivity index (χ2v) is 14.1. The van der Waals surface area contributed by atoms with Gasteiger partial charge in [0.1, 0.15) is 5.60 Å². The molecular weight excluding hydrogens is 374 g/mol. The van der Waals surface area contributed by atoms with Gasteiger partial charge < -0.3 is 9.16 Å². The van der Waals surface area contributed by atoms with Crippen molar-refractivity contribution >= 4 is 26.0 Å². The van der Waals surface area contributed by atoms with E-state index in [0.29, 0.717) is 6.42 Å². The normalized spacial score (nSPS) is 23.0. The van der Waals surface area contributed by atoms with E-state index in [-0.39, 0.29) is 17.6 Å². The van der Waals surface area contributed by atoms with Crippen molar-refractivity contribution in [1.29, 1.82) is 0 Å². The van der Waals surface area contributed by atoms with Crippen molar-refractivity contribution in [3.63, 3.8) is 0 Å². The molecule has 1 aliphatic heterocycles. The molecule has 1 amide bonds.